The van der Waals surface area contributed by atoms with E-state index in [9.17, 15) is 14.4 Å². The molecule has 5 rings (SSSR count). The van der Waals surface area contributed by atoms with E-state index < -0.39 is 17.2 Å². The van der Waals surface area contributed by atoms with Crippen LogP contribution in [0, 0.1) is 0 Å². The molecule has 0 saturated carbocycles. The number of carbonyl (C=O) groups excluding carboxylic acids is 1. The minimum atomic E-state index is -0.642. The molecule has 0 amide bonds. The Hall–Kier alpha value is -4.91. The molecule has 0 aliphatic carbocycles. The zero-order valence-corrected chi connectivity index (χ0v) is 22.3. The van der Waals surface area contributed by atoms with Gasteiger partial charge in [0.05, 0.1) is 20.3 Å². The van der Waals surface area contributed by atoms with Crippen LogP contribution in [0.5, 0.6) is 0 Å². The molecule has 2 aromatic carbocycles. The number of ether oxygens (including phenoxy) is 2. The monoisotopic (exact) mass is 544 g/mol. The predicted molar refractivity (Wildman–Crippen MR) is 146 cm³/mol. The minimum Gasteiger partial charge on any atom is -0.468 e. The lowest BCUT2D eigenvalue weighted by atomic mass is 9.98. The molecule has 13 heteroatoms. The van der Waals surface area contributed by atoms with E-state index in [0.717, 1.165) is 26.8 Å². The number of hydrogen-bond donors (Lipinski definition) is 1. The molecule has 0 fully saturated rings. The van der Waals surface area contributed by atoms with Crippen molar-refractivity contribution in [3.63, 3.8) is 0 Å². The number of hydrogen-bond acceptors (Lipinski definition) is 9. The quantitative estimate of drug-likeness (QED) is 0.259. The third-order valence-corrected chi connectivity index (χ3v) is 6.66. The van der Waals surface area contributed by atoms with Crippen LogP contribution < -0.4 is 11.2 Å². The number of tetrazole rings is 1. The number of benzene rings is 2. The largest absolute Gasteiger partial charge is 0.468 e. The molecule has 3 aromatic heterocycles. The number of carbonyl (C=O) groups is 1. The summed E-state index contributed by atoms with van der Waals surface area (Å²) in [6, 6.07) is 15.7. The molecule has 0 aliphatic rings. The molecule has 0 aliphatic heterocycles. The lowest BCUT2D eigenvalue weighted by Gasteiger charge is -2.13. The van der Waals surface area contributed by atoms with E-state index >= 15 is 0 Å². The molecule has 0 unspecified atom stereocenters. The van der Waals surface area contributed by atoms with Gasteiger partial charge in [-0.2, -0.15) is 5.21 Å². The Balaban J connectivity index is 1.58. The van der Waals surface area contributed by atoms with Crippen molar-refractivity contribution in [1.82, 2.24) is 39.3 Å². The predicted octanol–water partition coefficient (Wildman–Crippen LogP) is 1.64. The summed E-state index contributed by atoms with van der Waals surface area (Å²) in [4.78, 5) is 43.6. The number of aryl methyl sites for hydroxylation is 1. The third-order valence-electron chi connectivity index (χ3n) is 6.66. The van der Waals surface area contributed by atoms with Crippen LogP contribution >= 0.6 is 0 Å². The Morgan fingerprint density at radius 2 is 1.73 bits per heavy atom. The maximum atomic E-state index is 13.6. The zero-order valence-electron chi connectivity index (χ0n) is 22.3. The molecule has 5 aromatic rings. The normalized spacial score (nSPS) is 11.3. The van der Waals surface area contributed by atoms with E-state index in [1.807, 2.05) is 55.5 Å². The number of imidazole rings is 1. The smallest absolute Gasteiger partial charge is 0.333 e. The highest BCUT2D eigenvalue weighted by Gasteiger charge is 2.23. The topological polar surface area (TPSA) is 152 Å². The van der Waals surface area contributed by atoms with Crippen molar-refractivity contribution in [3.05, 3.63) is 80.8 Å². The number of nitrogens with zero attached hydrogens (tertiary/aromatic N) is 7. The third kappa shape index (κ3) is 4.94. The summed E-state index contributed by atoms with van der Waals surface area (Å²) in [7, 11) is 2.73. The molecule has 3 heterocycles. The number of aromatic nitrogens is 8. The average molecular weight is 545 g/mol. The molecule has 0 saturated heterocycles. The van der Waals surface area contributed by atoms with Gasteiger partial charge >= 0.3 is 11.7 Å². The van der Waals surface area contributed by atoms with Gasteiger partial charge in [-0.3, -0.25) is 18.7 Å². The highest BCUT2D eigenvalue weighted by atomic mass is 16.5. The van der Waals surface area contributed by atoms with Crippen LogP contribution in [0.3, 0.4) is 0 Å². The highest BCUT2D eigenvalue weighted by molar-refractivity contribution is 5.80. The Morgan fingerprint density at radius 1 is 0.975 bits per heavy atom. The fourth-order valence-electron chi connectivity index (χ4n) is 4.67. The lowest BCUT2D eigenvalue weighted by molar-refractivity contribution is -0.141. The van der Waals surface area contributed by atoms with E-state index in [1.54, 1.807) is 4.57 Å². The van der Waals surface area contributed by atoms with Crippen molar-refractivity contribution in [1.29, 1.82) is 0 Å². The lowest BCUT2D eigenvalue weighted by Crippen LogP contribution is -2.42. The van der Waals surface area contributed by atoms with Crippen LogP contribution in [0.25, 0.3) is 33.7 Å². The summed E-state index contributed by atoms with van der Waals surface area (Å²) in [6.45, 7) is 2.07. The maximum absolute atomic E-state index is 13.6. The van der Waals surface area contributed by atoms with Crippen LogP contribution in [0.2, 0.25) is 0 Å². The van der Waals surface area contributed by atoms with E-state index in [2.05, 4.69) is 25.6 Å². The summed E-state index contributed by atoms with van der Waals surface area (Å²) >= 11 is 0. The summed E-state index contributed by atoms with van der Waals surface area (Å²) in [5.74, 6) is 0.491. The number of fused-ring (bicyclic) bond motifs is 1. The van der Waals surface area contributed by atoms with E-state index in [0.29, 0.717) is 24.6 Å². The average Bonchev–Trinajstić information content (AvgIpc) is 3.64. The standard InChI is InChI=1S/C27H28N8O5/c1-4-21-28-25-23(26(37)33(13-14-39-2)27(38)35(25)16-22(36)40-3)34(21)15-17-9-11-18(12-10-17)19-7-5-6-8-20(19)24-29-31-32-30-24/h5-12H,4,13-16H2,1-3H3,(H,29,30,31,32). The van der Waals surface area contributed by atoms with Gasteiger partial charge in [-0.15, -0.1) is 10.2 Å². The Bertz CT molecular complexity index is 1770. The van der Waals surface area contributed by atoms with Gasteiger partial charge in [0, 0.05) is 25.6 Å². The first-order valence-electron chi connectivity index (χ1n) is 12.7. The molecule has 1 N–H and O–H groups in total. The zero-order chi connectivity index (χ0) is 28.2. The molecule has 0 radical (unpaired) electrons. The van der Waals surface area contributed by atoms with Crippen molar-refractivity contribution in [2.75, 3.05) is 20.8 Å². The fraction of sp³-hybridized carbons (Fsp3) is 0.296. The number of rotatable bonds is 10. The molecule has 0 atom stereocenters. The van der Waals surface area contributed by atoms with Gasteiger partial charge in [-0.1, -0.05) is 55.5 Å². The summed E-state index contributed by atoms with van der Waals surface area (Å²) in [6.07, 6.45) is 0.509. The van der Waals surface area contributed by atoms with Crippen LogP contribution in [0.4, 0.5) is 0 Å². The van der Waals surface area contributed by atoms with Crippen LogP contribution in [-0.2, 0) is 40.3 Å². The Morgan fingerprint density at radius 3 is 2.38 bits per heavy atom. The minimum absolute atomic E-state index is 0.0341. The second kappa shape index (κ2) is 11.5. The first-order chi connectivity index (χ1) is 19.5. The van der Waals surface area contributed by atoms with Gasteiger partial charge in [0.15, 0.2) is 11.2 Å². The summed E-state index contributed by atoms with van der Waals surface area (Å²) in [5.41, 5.74) is 2.93. The number of methoxy groups -OCH3 is 2. The van der Waals surface area contributed by atoms with E-state index in [-0.39, 0.29) is 30.9 Å². The summed E-state index contributed by atoms with van der Waals surface area (Å²) in [5, 5.41) is 14.4. The number of aromatic amines is 1. The Kier molecular flexibility index (Phi) is 7.64. The first kappa shape index (κ1) is 26.7. The second-order valence-electron chi connectivity index (χ2n) is 9.01. The van der Waals surface area contributed by atoms with Gasteiger partial charge in [0.1, 0.15) is 12.4 Å². The van der Waals surface area contributed by atoms with E-state index in [1.165, 1.54) is 18.8 Å². The SMILES string of the molecule is CCc1nc2c(c(=O)n(CCOC)c(=O)n2CC(=O)OC)n1Cc1ccc(-c2ccccc2-c2nn[nH]n2)cc1. The molecule has 0 spiro atoms. The van der Waals surface area contributed by atoms with Crippen molar-refractivity contribution < 1.29 is 14.3 Å². The summed E-state index contributed by atoms with van der Waals surface area (Å²) < 4.78 is 14.0. The van der Waals surface area contributed by atoms with Crippen molar-refractivity contribution in [2.45, 2.75) is 33.0 Å². The molecule has 13 nitrogen and oxygen atoms in total. The molecular formula is C27H28N8O5. The molecule has 40 heavy (non-hydrogen) atoms. The van der Waals surface area contributed by atoms with E-state index in [4.69, 9.17) is 9.47 Å². The van der Waals surface area contributed by atoms with Crippen LogP contribution in [0.15, 0.2) is 58.1 Å². The van der Waals surface area contributed by atoms with Gasteiger partial charge in [0.25, 0.3) is 5.56 Å². The van der Waals surface area contributed by atoms with Gasteiger partial charge in [-0.25, -0.2) is 9.78 Å². The van der Waals surface area contributed by atoms with Crippen LogP contribution in [-0.4, -0.2) is 66.1 Å². The molecule has 206 valence electrons. The molecular weight excluding hydrogens is 516 g/mol. The van der Waals surface area contributed by atoms with Gasteiger partial charge < -0.3 is 14.0 Å². The maximum Gasteiger partial charge on any atom is 0.333 e. The van der Waals surface area contributed by atoms with Gasteiger partial charge in [0.2, 0.25) is 5.82 Å². The van der Waals surface area contributed by atoms with Crippen molar-refractivity contribution in [2.24, 2.45) is 0 Å². The molecule has 0 bridgehead atoms. The Labute approximate surface area is 228 Å². The second-order valence-corrected chi connectivity index (χ2v) is 9.01. The van der Waals surface area contributed by atoms with Crippen molar-refractivity contribution >= 4 is 17.1 Å². The van der Waals surface area contributed by atoms with Crippen LogP contribution in [0.1, 0.15) is 18.3 Å². The number of nitrogens with one attached hydrogen (secondary N) is 1. The van der Waals surface area contributed by atoms with Gasteiger partial charge in [-0.05, 0) is 21.9 Å². The first-order valence-corrected chi connectivity index (χ1v) is 12.7. The van der Waals surface area contributed by atoms with Crippen molar-refractivity contribution in [3.8, 4) is 22.5 Å². The fourth-order valence-corrected chi connectivity index (χ4v) is 4.67. The number of H-pyrrole nitrogens is 1. The highest BCUT2D eigenvalue weighted by Crippen LogP contribution is 2.30. The number of esters is 1.